The standard InChI is InChI=1S/C9H11FN2/c1-11-9-5-12-8-3-2-6(10)4-7(8)9/h2-4,9,11-12H,5H2,1H3. The van der Waals surface area contributed by atoms with Crippen LogP contribution in [0.1, 0.15) is 11.6 Å². The lowest BCUT2D eigenvalue weighted by atomic mass is 10.1. The average molecular weight is 166 g/mol. The van der Waals surface area contributed by atoms with Gasteiger partial charge in [0.2, 0.25) is 0 Å². The maximum atomic E-state index is 12.8. The van der Waals surface area contributed by atoms with Crippen LogP contribution in [0.15, 0.2) is 18.2 Å². The van der Waals surface area contributed by atoms with Crippen molar-refractivity contribution in [1.82, 2.24) is 5.32 Å². The summed E-state index contributed by atoms with van der Waals surface area (Å²) < 4.78 is 12.8. The second kappa shape index (κ2) is 2.75. The molecule has 2 nitrogen and oxygen atoms in total. The van der Waals surface area contributed by atoms with Gasteiger partial charge in [-0.25, -0.2) is 4.39 Å². The number of likely N-dealkylation sites (N-methyl/N-ethyl adjacent to an activating group) is 1. The highest BCUT2D eigenvalue weighted by Gasteiger charge is 2.20. The summed E-state index contributed by atoms with van der Waals surface area (Å²) in [5.74, 6) is -0.169. The molecule has 0 saturated heterocycles. The Labute approximate surface area is 70.8 Å². The number of rotatable bonds is 1. The summed E-state index contributed by atoms with van der Waals surface area (Å²) >= 11 is 0. The molecule has 1 aromatic rings. The van der Waals surface area contributed by atoms with Crippen molar-refractivity contribution in [3.8, 4) is 0 Å². The van der Waals surface area contributed by atoms with Gasteiger partial charge in [0.15, 0.2) is 0 Å². The van der Waals surface area contributed by atoms with Crippen LogP contribution in [-0.4, -0.2) is 13.6 Å². The summed E-state index contributed by atoms with van der Waals surface area (Å²) in [6, 6.07) is 5.08. The molecule has 1 heterocycles. The van der Waals surface area contributed by atoms with Crippen molar-refractivity contribution in [3.05, 3.63) is 29.6 Å². The second-order valence-electron chi connectivity index (χ2n) is 2.95. The van der Waals surface area contributed by atoms with Crippen LogP contribution < -0.4 is 10.6 Å². The van der Waals surface area contributed by atoms with Crippen LogP contribution in [0.2, 0.25) is 0 Å². The predicted octanol–water partition coefficient (Wildman–Crippen LogP) is 1.51. The summed E-state index contributed by atoms with van der Waals surface area (Å²) in [6.07, 6.45) is 0. The number of halogens is 1. The summed E-state index contributed by atoms with van der Waals surface area (Å²) in [6.45, 7) is 0.843. The number of benzene rings is 1. The molecule has 0 amide bonds. The van der Waals surface area contributed by atoms with Gasteiger partial charge in [0.1, 0.15) is 5.82 Å². The van der Waals surface area contributed by atoms with Crippen molar-refractivity contribution in [2.75, 3.05) is 18.9 Å². The Morgan fingerprint density at radius 2 is 2.42 bits per heavy atom. The fourth-order valence-corrected chi connectivity index (χ4v) is 1.56. The van der Waals surface area contributed by atoms with Gasteiger partial charge in [0.25, 0.3) is 0 Å². The first-order valence-electron chi connectivity index (χ1n) is 4.02. The highest BCUT2D eigenvalue weighted by Crippen LogP contribution is 2.29. The van der Waals surface area contributed by atoms with Crippen molar-refractivity contribution in [2.24, 2.45) is 0 Å². The molecular formula is C9H11FN2. The zero-order chi connectivity index (χ0) is 8.55. The van der Waals surface area contributed by atoms with E-state index in [2.05, 4.69) is 10.6 Å². The average Bonchev–Trinajstić information content (AvgIpc) is 2.46. The number of anilines is 1. The van der Waals surface area contributed by atoms with Crippen LogP contribution >= 0.6 is 0 Å². The van der Waals surface area contributed by atoms with Gasteiger partial charge < -0.3 is 10.6 Å². The number of hydrogen-bond acceptors (Lipinski definition) is 2. The number of fused-ring (bicyclic) bond motifs is 1. The Balaban J connectivity index is 2.42. The minimum absolute atomic E-state index is 0.169. The number of nitrogens with one attached hydrogen (secondary N) is 2. The molecule has 1 atom stereocenters. The van der Waals surface area contributed by atoms with Crippen LogP contribution in [0.25, 0.3) is 0 Å². The first-order valence-corrected chi connectivity index (χ1v) is 4.02. The molecule has 1 aliphatic rings. The molecule has 2 rings (SSSR count). The van der Waals surface area contributed by atoms with E-state index in [1.54, 1.807) is 12.1 Å². The van der Waals surface area contributed by atoms with Crippen LogP contribution in [0.3, 0.4) is 0 Å². The monoisotopic (exact) mass is 166 g/mol. The molecule has 0 saturated carbocycles. The summed E-state index contributed by atoms with van der Waals surface area (Å²) in [4.78, 5) is 0. The van der Waals surface area contributed by atoms with Crippen LogP contribution in [0.4, 0.5) is 10.1 Å². The first kappa shape index (κ1) is 7.55. The Morgan fingerprint density at radius 1 is 1.58 bits per heavy atom. The fraction of sp³-hybridized carbons (Fsp3) is 0.333. The number of hydrogen-bond donors (Lipinski definition) is 2. The Morgan fingerprint density at radius 3 is 3.17 bits per heavy atom. The van der Waals surface area contributed by atoms with Gasteiger partial charge in [0, 0.05) is 12.2 Å². The molecule has 1 aliphatic heterocycles. The quantitative estimate of drug-likeness (QED) is 0.660. The highest BCUT2D eigenvalue weighted by molar-refractivity contribution is 5.57. The minimum Gasteiger partial charge on any atom is -0.383 e. The summed E-state index contributed by atoms with van der Waals surface area (Å²) in [5, 5.41) is 6.32. The third-order valence-electron chi connectivity index (χ3n) is 2.23. The van der Waals surface area contributed by atoms with E-state index in [0.717, 1.165) is 17.8 Å². The normalized spacial score (nSPS) is 20.3. The minimum atomic E-state index is -0.169. The predicted molar refractivity (Wildman–Crippen MR) is 46.7 cm³/mol. The third-order valence-corrected chi connectivity index (χ3v) is 2.23. The molecule has 1 aromatic carbocycles. The first-order chi connectivity index (χ1) is 5.81. The third kappa shape index (κ3) is 1.06. The lowest BCUT2D eigenvalue weighted by Crippen LogP contribution is -2.17. The van der Waals surface area contributed by atoms with E-state index < -0.39 is 0 Å². The second-order valence-corrected chi connectivity index (χ2v) is 2.95. The molecule has 0 bridgehead atoms. The molecule has 3 heteroatoms. The molecule has 12 heavy (non-hydrogen) atoms. The van der Waals surface area contributed by atoms with Gasteiger partial charge in [-0.15, -0.1) is 0 Å². The SMILES string of the molecule is CNC1CNc2ccc(F)cc21. The lowest BCUT2D eigenvalue weighted by molar-refractivity contribution is 0.611. The molecule has 0 aliphatic carbocycles. The summed E-state index contributed by atoms with van der Waals surface area (Å²) in [5.41, 5.74) is 2.06. The van der Waals surface area contributed by atoms with E-state index in [-0.39, 0.29) is 11.9 Å². The fourth-order valence-electron chi connectivity index (χ4n) is 1.56. The van der Waals surface area contributed by atoms with E-state index in [0.29, 0.717) is 0 Å². The molecule has 64 valence electrons. The smallest absolute Gasteiger partial charge is 0.123 e. The Kier molecular flexibility index (Phi) is 1.73. The van der Waals surface area contributed by atoms with Crippen LogP contribution in [-0.2, 0) is 0 Å². The molecule has 1 unspecified atom stereocenters. The van der Waals surface area contributed by atoms with E-state index in [9.17, 15) is 4.39 Å². The molecule has 0 fully saturated rings. The van der Waals surface area contributed by atoms with Crippen molar-refractivity contribution >= 4 is 5.69 Å². The van der Waals surface area contributed by atoms with Crippen molar-refractivity contribution in [1.29, 1.82) is 0 Å². The van der Waals surface area contributed by atoms with Gasteiger partial charge in [-0.3, -0.25) is 0 Å². The van der Waals surface area contributed by atoms with Crippen molar-refractivity contribution < 1.29 is 4.39 Å². The van der Waals surface area contributed by atoms with Crippen LogP contribution in [0.5, 0.6) is 0 Å². The van der Waals surface area contributed by atoms with Gasteiger partial charge in [-0.2, -0.15) is 0 Å². The maximum Gasteiger partial charge on any atom is 0.123 e. The van der Waals surface area contributed by atoms with E-state index >= 15 is 0 Å². The maximum absolute atomic E-state index is 12.8. The van der Waals surface area contributed by atoms with Gasteiger partial charge in [-0.1, -0.05) is 0 Å². The van der Waals surface area contributed by atoms with Crippen molar-refractivity contribution in [3.63, 3.8) is 0 Å². The van der Waals surface area contributed by atoms with Gasteiger partial charge in [0.05, 0.1) is 6.04 Å². The lowest BCUT2D eigenvalue weighted by Gasteiger charge is -2.07. The molecular weight excluding hydrogens is 155 g/mol. The van der Waals surface area contributed by atoms with E-state index in [4.69, 9.17) is 0 Å². The highest BCUT2D eigenvalue weighted by atomic mass is 19.1. The summed E-state index contributed by atoms with van der Waals surface area (Å²) in [7, 11) is 1.88. The molecule has 2 N–H and O–H groups in total. The molecule has 0 radical (unpaired) electrons. The van der Waals surface area contributed by atoms with Crippen molar-refractivity contribution in [2.45, 2.75) is 6.04 Å². The van der Waals surface area contributed by atoms with E-state index in [1.165, 1.54) is 6.07 Å². The van der Waals surface area contributed by atoms with Gasteiger partial charge >= 0.3 is 0 Å². The zero-order valence-electron chi connectivity index (χ0n) is 6.89. The largest absolute Gasteiger partial charge is 0.383 e. The Hall–Kier alpha value is -1.09. The van der Waals surface area contributed by atoms with Crippen LogP contribution in [0, 0.1) is 5.82 Å². The molecule has 0 aromatic heterocycles. The van der Waals surface area contributed by atoms with Gasteiger partial charge in [-0.05, 0) is 30.8 Å². The molecule has 0 spiro atoms. The Bertz CT molecular complexity index is 299. The van der Waals surface area contributed by atoms with E-state index in [1.807, 2.05) is 7.05 Å². The topological polar surface area (TPSA) is 24.1 Å². The zero-order valence-corrected chi connectivity index (χ0v) is 6.89.